The SMILES string of the molecule is CCCOCC(NN)C1CCC(CC)C1. The van der Waals surface area contributed by atoms with Gasteiger partial charge in [0.15, 0.2) is 0 Å². The van der Waals surface area contributed by atoms with Gasteiger partial charge in [-0.05, 0) is 31.1 Å². The number of hydrazine groups is 1. The number of hydrogen-bond donors (Lipinski definition) is 2. The molecule has 0 aromatic heterocycles. The molecule has 1 aliphatic carbocycles. The first-order valence-corrected chi connectivity index (χ1v) is 6.35. The van der Waals surface area contributed by atoms with Gasteiger partial charge in [-0.1, -0.05) is 26.7 Å². The van der Waals surface area contributed by atoms with E-state index in [-0.39, 0.29) is 0 Å². The van der Waals surface area contributed by atoms with Crippen molar-refractivity contribution in [2.75, 3.05) is 13.2 Å². The minimum atomic E-state index is 0.355. The largest absolute Gasteiger partial charge is 0.380 e. The summed E-state index contributed by atoms with van der Waals surface area (Å²) in [5, 5.41) is 0. The molecule has 1 fully saturated rings. The second-order valence-electron chi connectivity index (χ2n) is 4.70. The van der Waals surface area contributed by atoms with E-state index in [0.717, 1.165) is 31.5 Å². The van der Waals surface area contributed by atoms with E-state index in [1.807, 2.05) is 0 Å². The molecule has 0 heterocycles. The highest BCUT2D eigenvalue weighted by molar-refractivity contribution is 4.83. The number of ether oxygens (including phenoxy) is 1. The van der Waals surface area contributed by atoms with E-state index in [1.54, 1.807) is 0 Å². The quantitative estimate of drug-likeness (QED) is 0.387. The second kappa shape index (κ2) is 7.20. The van der Waals surface area contributed by atoms with Crippen molar-refractivity contribution in [1.29, 1.82) is 0 Å². The Kier molecular flexibility index (Phi) is 6.22. The molecule has 0 radical (unpaired) electrons. The first kappa shape index (κ1) is 12.9. The van der Waals surface area contributed by atoms with Crippen LogP contribution in [0.15, 0.2) is 0 Å². The van der Waals surface area contributed by atoms with Crippen LogP contribution in [0.1, 0.15) is 46.0 Å². The molecule has 15 heavy (non-hydrogen) atoms. The van der Waals surface area contributed by atoms with Gasteiger partial charge in [-0.3, -0.25) is 11.3 Å². The van der Waals surface area contributed by atoms with Crippen molar-refractivity contribution in [3.8, 4) is 0 Å². The van der Waals surface area contributed by atoms with Crippen molar-refractivity contribution < 1.29 is 4.74 Å². The van der Waals surface area contributed by atoms with Crippen molar-refractivity contribution in [2.24, 2.45) is 17.7 Å². The summed E-state index contributed by atoms with van der Waals surface area (Å²) in [6.07, 6.45) is 6.39. The molecule has 1 aliphatic rings. The van der Waals surface area contributed by atoms with Crippen LogP contribution in [0.5, 0.6) is 0 Å². The molecule has 0 aliphatic heterocycles. The standard InChI is InChI=1S/C12H26N2O/c1-3-7-15-9-12(14-13)11-6-5-10(4-2)8-11/h10-12,14H,3-9,13H2,1-2H3. The Morgan fingerprint density at radius 2 is 2.20 bits per heavy atom. The summed E-state index contributed by atoms with van der Waals surface area (Å²) in [5.41, 5.74) is 2.92. The predicted octanol–water partition coefficient (Wildman–Crippen LogP) is 2.07. The van der Waals surface area contributed by atoms with Gasteiger partial charge in [-0.15, -0.1) is 0 Å². The van der Waals surface area contributed by atoms with E-state index in [1.165, 1.54) is 25.7 Å². The summed E-state index contributed by atoms with van der Waals surface area (Å²) < 4.78 is 5.57. The molecule has 3 heteroatoms. The molecular formula is C12H26N2O. The zero-order valence-corrected chi connectivity index (χ0v) is 10.2. The fraction of sp³-hybridized carbons (Fsp3) is 1.00. The van der Waals surface area contributed by atoms with Crippen LogP contribution >= 0.6 is 0 Å². The lowest BCUT2D eigenvalue weighted by Crippen LogP contribution is -2.43. The highest BCUT2D eigenvalue weighted by atomic mass is 16.5. The molecule has 3 unspecified atom stereocenters. The van der Waals surface area contributed by atoms with Gasteiger partial charge in [0.1, 0.15) is 0 Å². The highest BCUT2D eigenvalue weighted by Gasteiger charge is 2.29. The number of nitrogens with one attached hydrogen (secondary N) is 1. The molecule has 0 saturated heterocycles. The van der Waals surface area contributed by atoms with Crippen molar-refractivity contribution >= 4 is 0 Å². The van der Waals surface area contributed by atoms with E-state index in [2.05, 4.69) is 19.3 Å². The third kappa shape index (κ3) is 4.09. The van der Waals surface area contributed by atoms with E-state index in [0.29, 0.717) is 6.04 Å². The molecule has 3 nitrogen and oxygen atoms in total. The molecule has 1 rings (SSSR count). The highest BCUT2D eigenvalue weighted by Crippen LogP contribution is 2.34. The van der Waals surface area contributed by atoms with Crippen LogP contribution in [-0.2, 0) is 4.74 Å². The predicted molar refractivity (Wildman–Crippen MR) is 63.3 cm³/mol. The third-order valence-corrected chi connectivity index (χ3v) is 3.59. The summed E-state index contributed by atoms with van der Waals surface area (Å²) in [6, 6.07) is 0.355. The molecule has 0 aromatic carbocycles. The topological polar surface area (TPSA) is 47.3 Å². The van der Waals surface area contributed by atoms with Crippen molar-refractivity contribution in [3.63, 3.8) is 0 Å². The molecule has 1 saturated carbocycles. The van der Waals surface area contributed by atoms with Crippen LogP contribution < -0.4 is 11.3 Å². The Bertz CT molecular complexity index is 164. The lowest BCUT2D eigenvalue weighted by Gasteiger charge is -2.22. The molecule has 0 bridgehead atoms. The monoisotopic (exact) mass is 214 g/mol. The summed E-state index contributed by atoms with van der Waals surface area (Å²) in [5.74, 6) is 7.22. The Morgan fingerprint density at radius 3 is 2.73 bits per heavy atom. The minimum Gasteiger partial charge on any atom is -0.380 e. The van der Waals surface area contributed by atoms with E-state index >= 15 is 0 Å². The Balaban J connectivity index is 2.25. The fourth-order valence-electron chi connectivity index (χ4n) is 2.52. The minimum absolute atomic E-state index is 0.355. The number of rotatable bonds is 7. The maximum absolute atomic E-state index is 5.59. The zero-order chi connectivity index (χ0) is 11.1. The fourth-order valence-corrected chi connectivity index (χ4v) is 2.52. The van der Waals surface area contributed by atoms with Crippen LogP contribution in [0.3, 0.4) is 0 Å². The van der Waals surface area contributed by atoms with E-state index in [9.17, 15) is 0 Å². The third-order valence-electron chi connectivity index (χ3n) is 3.59. The molecular weight excluding hydrogens is 188 g/mol. The van der Waals surface area contributed by atoms with Gasteiger partial charge in [0, 0.05) is 12.6 Å². The van der Waals surface area contributed by atoms with Gasteiger partial charge in [0.25, 0.3) is 0 Å². The van der Waals surface area contributed by atoms with Crippen molar-refractivity contribution in [2.45, 2.75) is 52.0 Å². The van der Waals surface area contributed by atoms with Crippen molar-refractivity contribution in [1.82, 2.24) is 5.43 Å². The Hall–Kier alpha value is -0.120. The van der Waals surface area contributed by atoms with Gasteiger partial charge in [-0.2, -0.15) is 0 Å². The van der Waals surface area contributed by atoms with E-state index < -0.39 is 0 Å². The number of nitrogens with two attached hydrogens (primary N) is 1. The molecule has 0 spiro atoms. The maximum atomic E-state index is 5.59. The summed E-state index contributed by atoms with van der Waals surface area (Å²) in [6.45, 7) is 6.03. The first-order valence-electron chi connectivity index (χ1n) is 6.35. The average Bonchev–Trinajstić information content (AvgIpc) is 2.73. The lowest BCUT2D eigenvalue weighted by molar-refractivity contribution is 0.0933. The maximum Gasteiger partial charge on any atom is 0.0635 e. The van der Waals surface area contributed by atoms with Crippen LogP contribution in [-0.4, -0.2) is 19.3 Å². The smallest absolute Gasteiger partial charge is 0.0635 e. The van der Waals surface area contributed by atoms with Gasteiger partial charge < -0.3 is 4.74 Å². The van der Waals surface area contributed by atoms with Crippen LogP contribution in [0.25, 0.3) is 0 Å². The van der Waals surface area contributed by atoms with E-state index in [4.69, 9.17) is 10.6 Å². The van der Waals surface area contributed by atoms with Gasteiger partial charge in [0.05, 0.1) is 6.61 Å². The molecule has 90 valence electrons. The summed E-state index contributed by atoms with van der Waals surface area (Å²) in [7, 11) is 0. The molecule has 0 amide bonds. The normalized spacial score (nSPS) is 28.2. The van der Waals surface area contributed by atoms with Crippen LogP contribution in [0.4, 0.5) is 0 Å². The molecule has 0 aromatic rings. The van der Waals surface area contributed by atoms with Crippen LogP contribution in [0.2, 0.25) is 0 Å². The van der Waals surface area contributed by atoms with Gasteiger partial charge >= 0.3 is 0 Å². The average molecular weight is 214 g/mol. The Morgan fingerprint density at radius 1 is 1.40 bits per heavy atom. The van der Waals surface area contributed by atoms with Crippen LogP contribution in [0, 0.1) is 11.8 Å². The number of hydrogen-bond acceptors (Lipinski definition) is 3. The zero-order valence-electron chi connectivity index (χ0n) is 10.2. The molecule has 3 N–H and O–H groups in total. The van der Waals surface area contributed by atoms with Gasteiger partial charge in [-0.25, -0.2) is 0 Å². The van der Waals surface area contributed by atoms with Crippen molar-refractivity contribution in [3.05, 3.63) is 0 Å². The molecule has 3 atom stereocenters. The lowest BCUT2D eigenvalue weighted by atomic mass is 9.97. The summed E-state index contributed by atoms with van der Waals surface area (Å²) in [4.78, 5) is 0. The van der Waals surface area contributed by atoms with Gasteiger partial charge in [0.2, 0.25) is 0 Å². The first-order chi connectivity index (χ1) is 7.31. The Labute approximate surface area is 93.7 Å². The summed E-state index contributed by atoms with van der Waals surface area (Å²) >= 11 is 0. The second-order valence-corrected chi connectivity index (χ2v) is 4.70.